The standard InChI is InChI=1S/C76H116ClF3N12O12/c1-49(2)41-59-67(97)82-57(43-50-25-14-10-15-26-50)69(99)86(5)47-64(95)84(3)48-65(96)88(7)60(44-51-27-16-11-17-28-51)71(101)85(4)46-62(93)81-56(35-33-52-32-34-54(55(77)42-52)76(78,79)80)70(100)92-40-24-31-58(92)68(98)83-75(36-20-21-37-75)74(104)90(9)66(53-29-18-12-19-30-53)73(103)89(8)61(45-63(94)87(59)6)72(102)91-38-22-13-23-39-91/h32,34,42,49-51,53,56-61,66H,10-31,33,35-41,43-48H2,1-9H3,(H,81,93)(H,82,97)(H,83,98)/t56-,57-,58-,59-,60-,61-,66-/m0/s1. The third-order valence-corrected chi connectivity index (χ3v) is 23.8. The van der Waals surface area contributed by atoms with Crippen LogP contribution in [0.5, 0.6) is 0 Å². The van der Waals surface area contributed by atoms with E-state index in [4.69, 9.17) is 11.6 Å². The van der Waals surface area contributed by atoms with Crippen LogP contribution in [0.1, 0.15) is 211 Å². The molecular formula is C76H116ClF3N12O12. The van der Waals surface area contributed by atoms with Gasteiger partial charge in [-0.15, -0.1) is 0 Å². The number of halogens is 4. The monoisotopic (exact) mass is 1480 g/mol. The molecule has 1 aromatic carbocycles. The number of rotatable bonds is 11. The van der Waals surface area contributed by atoms with Crippen LogP contribution in [-0.4, -0.2) is 251 Å². The third kappa shape index (κ3) is 21.2. The summed E-state index contributed by atoms with van der Waals surface area (Å²) in [7, 11) is 10.2. The van der Waals surface area contributed by atoms with Crippen LogP contribution in [0.25, 0.3) is 0 Å². The van der Waals surface area contributed by atoms with Gasteiger partial charge in [0.1, 0.15) is 47.8 Å². The summed E-state index contributed by atoms with van der Waals surface area (Å²) >= 11 is 6.18. The van der Waals surface area contributed by atoms with E-state index >= 15 is 33.6 Å². The lowest BCUT2D eigenvalue weighted by atomic mass is 9.81. The summed E-state index contributed by atoms with van der Waals surface area (Å²) in [6.45, 7) is 2.96. The van der Waals surface area contributed by atoms with Crippen LogP contribution in [0.3, 0.4) is 0 Å². The highest BCUT2D eigenvalue weighted by Gasteiger charge is 2.52. The van der Waals surface area contributed by atoms with E-state index < -0.39 is 167 Å². The summed E-state index contributed by atoms with van der Waals surface area (Å²) in [6, 6.07) is -5.41. The van der Waals surface area contributed by atoms with Crippen molar-refractivity contribution in [1.29, 1.82) is 0 Å². The van der Waals surface area contributed by atoms with E-state index in [0.717, 1.165) is 112 Å². The van der Waals surface area contributed by atoms with Crippen molar-refractivity contribution in [3.63, 3.8) is 0 Å². The van der Waals surface area contributed by atoms with Crippen molar-refractivity contribution < 1.29 is 70.7 Å². The molecule has 7 fully saturated rings. The molecule has 3 aliphatic heterocycles. The average molecular weight is 1480 g/mol. The van der Waals surface area contributed by atoms with Gasteiger partial charge < -0.3 is 60.0 Å². The minimum Gasteiger partial charge on any atom is -0.343 e. The average Bonchev–Trinajstić information content (AvgIpc) is 1.44. The molecule has 0 unspecified atom stereocenters. The number of carbonyl (C=O) groups excluding carboxylic acids is 12. The van der Waals surface area contributed by atoms with Gasteiger partial charge >= 0.3 is 6.18 Å². The number of amides is 12. The molecule has 28 heteroatoms. The van der Waals surface area contributed by atoms with E-state index in [1.165, 1.54) is 84.8 Å². The molecule has 24 nitrogen and oxygen atoms in total. The van der Waals surface area contributed by atoms with Gasteiger partial charge in [0.05, 0.1) is 36.6 Å². The van der Waals surface area contributed by atoms with E-state index in [9.17, 15) is 37.1 Å². The Morgan fingerprint density at radius 3 is 1.72 bits per heavy atom. The van der Waals surface area contributed by atoms with Crippen molar-refractivity contribution >= 4 is 82.5 Å². The van der Waals surface area contributed by atoms with Crippen molar-refractivity contribution in [2.75, 3.05) is 88.6 Å². The van der Waals surface area contributed by atoms with Crippen LogP contribution in [0.2, 0.25) is 5.02 Å². The van der Waals surface area contributed by atoms with E-state index in [1.807, 2.05) is 13.8 Å². The zero-order chi connectivity index (χ0) is 75.9. The molecule has 12 amide bonds. The Morgan fingerprint density at radius 1 is 0.558 bits per heavy atom. The van der Waals surface area contributed by atoms with Crippen LogP contribution in [0.4, 0.5) is 13.2 Å². The van der Waals surface area contributed by atoms with Crippen molar-refractivity contribution in [3.8, 4) is 0 Å². The van der Waals surface area contributed by atoms with E-state index in [0.29, 0.717) is 63.6 Å². The fourth-order valence-electron chi connectivity index (χ4n) is 17.2. The van der Waals surface area contributed by atoms with E-state index in [-0.39, 0.29) is 75.7 Å². The van der Waals surface area contributed by atoms with E-state index in [2.05, 4.69) is 16.0 Å². The Bertz CT molecular complexity index is 3220. The quantitative estimate of drug-likeness (QED) is 0.196. The van der Waals surface area contributed by atoms with Crippen LogP contribution in [-0.2, 0) is 70.1 Å². The van der Waals surface area contributed by atoms with Crippen molar-refractivity contribution in [2.45, 2.75) is 260 Å². The Morgan fingerprint density at radius 2 is 1.12 bits per heavy atom. The van der Waals surface area contributed by atoms with Crippen LogP contribution in [0, 0.1) is 23.7 Å². The minimum absolute atomic E-state index is 0.0227. The molecule has 7 aliphatic rings. The normalized spacial score (nSPS) is 27.1. The Kier molecular flexibility index (Phi) is 29.7. The van der Waals surface area contributed by atoms with Gasteiger partial charge in [0.2, 0.25) is 70.9 Å². The summed E-state index contributed by atoms with van der Waals surface area (Å²) < 4.78 is 41.7. The second-order valence-corrected chi connectivity index (χ2v) is 32.0. The fraction of sp³-hybridized carbons (Fsp3) is 0.763. The van der Waals surface area contributed by atoms with Crippen molar-refractivity contribution in [2.24, 2.45) is 23.7 Å². The molecule has 7 atom stereocenters. The zero-order valence-corrected chi connectivity index (χ0v) is 63.7. The van der Waals surface area contributed by atoms with Gasteiger partial charge in [0.25, 0.3) is 0 Å². The Labute approximate surface area is 617 Å². The van der Waals surface area contributed by atoms with Crippen molar-refractivity contribution in [1.82, 2.24) is 60.0 Å². The summed E-state index contributed by atoms with van der Waals surface area (Å²) in [5.41, 5.74) is -2.33. The maximum atomic E-state index is 15.9. The molecule has 4 saturated carbocycles. The molecule has 3 saturated heterocycles. The molecule has 3 N–H and O–H groups in total. The summed E-state index contributed by atoms with van der Waals surface area (Å²) in [4.78, 5) is 193. The Hall–Kier alpha value is -7.06. The number of nitrogens with zero attached hydrogens (tertiary/aromatic N) is 9. The van der Waals surface area contributed by atoms with Gasteiger partial charge in [0.15, 0.2) is 0 Å². The smallest absolute Gasteiger partial charge is 0.343 e. The molecule has 3 heterocycles. The van der Waals surface area contributed by atoms with Gasteiger partial charge in [-0.1, -0.05) is 128 Å². The number of aryl methyl sites for hydroxylation is 1. The van der Waals surface area contributed by atoms with Crippen LogP contribution >= 0.6 is 11.6 Å². The topological polar surface area (TPSA) is 270 Å². The maximum absolute atomic E-state index is 15.9. The number of hydrogen-bond acceptors (Lipinski definition) is 12. The van der Waals surface area contributed by atoms with Gasteiger partial charge in [-0.25, -0.2) is 0 Å². The third-order valence-electron chi connectivity index (χ3n) is 23.5. The lowest BCUT2D eigenvalue weighted by Gasteiger charge is -2.43. The van der Waals surface area contributed by atoms with Crippen LogP contribution < -0.4 is 16.0 Å². The van der Waals surface area contributed by atoms with Crippen molar-refractivity contribution in [3.05, 3.63) is 34.3 Å². The second-order valence-electron chi connectivity index (χ2n) is 31.6. The number of fused-ring (bicyclic) bond motifs is 1. The molecule has 0 bridgehead atoms. The highest BCUT2D eigenvalue weighted by atomic mass is 35.5. The molecule has 0 aromatic heterocycles. The van der Waals surface area contributed by atoms with Gasteiger partial charge in [-0.05, 0) is 131 Å². The number of piperidine rings is 1. The summed E-state index contributed by atoms with van der Waals surface area (Å²) in [5, 5.41) is 8.32. The Balaban J connectivity index is 1.17. The second kappa shape index (κ2) is 37.5. The molecule has 1 aromatic rings. The van der Waals surface area contributed by atoms with Gasteiger partial charge in [-0.3, -0.25) is 57.5 Å². The lowest BCUT2D eigenvalue weighted by Crippen LogP contribution is -2.65. The highest BCUT2D eigenvalue weighted by Crippen LogP contribution is 2.39. The molecular weight excluding hydrogens is 1370 g/mol. The molecule has 0 radical (unpaired) electrons. The SMILES string of the molecule is CC(C)C[C@H]1C(=O)N[C@@H](CC2CCCCC2)C(=O)N(C)CC(=O)N(C)CC(=O)N(C)[C@@H](CC2CCCCC2)C(=O)N(C)CC(=O)N[C@@H](CCc2ccc(C(F)(F)F)c(Cl)c2)C(=O)N2CCC[C@H]2C(=O)NC2(CCCC2)C(=O)N(C)[C@@H](C2CCCCC2)C(=O)N(C)[C@H](C(=O)N2CCCCC2)CC(=O)N1C. The first-order chi connectivity index (χ1) is 49.3. The first-order valence-corrected chi connectivity index (χ1v) is 38.8. The number of carbonyl (C=O) groups is 12. The first-order valence-electron chi connectivity index (χ1n) is 38.5. The number of likely N-dealkylation sites (N-methyl/N-ethyl adjacent to an activating group) is 7. The molecule has 580 valence electrons. The number of likely N-dealkylation sites (tertiary alicyclic amines) is 1. The number of hydrogen-bond donors (Lipinski definition) is 3. The lowest BCUT2D eigenvalue weighted by molar-refractivity contribution is -0.157. The number of alkyl halides is 3. The molecule has 4 aliphatic carbocycles. The van der Waals surface area contributed by atoms with E-state index in [1.54, 1.807) is 4.90 Å². The molecule has 104 heavy (non-hydrogen) atoms. The number of nitrogens with one attached hydrogen (secondary N) is 3. The van der Waals surface area contributed by atoms with Gasteiger partial charge in [0, 0.05) is 69.0 Å². The maximum Gasteiger partial charge on any atom is 0.417 e. The summed E-state index contributed by atoms with van der Waals surface area (Å²) in [6.07, 6.45) is 11.5. The predicted octanol–water partition coefficient (Wildman–Crippen LogP) is 7.35. The van der Waals surface area contributed by atoms with Gasteiger partial charge in [-0.2, -0.15) is 13.2 Å². The molecule has 8 rings (SSSR count). The largest absolute Gasteiger partial charge is 0.417 e. The highest BCUT2D eigenvalue weighted by molar-refractivity contribution is 6.31. The van der Waals surface area contributed by atoms with Crippen LogP contribution in [0.15, 0.2) is 18.2 Å². The predicted molar refractivity (Wildman–Crippen MR) is 385 cm³/mol. The molecule has 1 spiro atoms. The number of benzene rings is 1. The first kappa shape index (κ1) is 82.6. The summed E-state index contributed by atoms with van der Waals surface area (Å²) in [5.74, 6) is -7.94. The minimum atomic E-state index is -4.76. The fourth-order valence-corrected chi connectivity index (χ4v) is 17.5. The zero-order valence-electron chi connectivity index (χ0n) is 63.0.